The normalized spacial score (nSPS) is 22.5. The molecule has 0 spiro atoms. The predicted molar refractivity (Wildman–Crippen MR) is 103 cm³/mol. The molecule has 148 valence electrons. The molecule has 0 radical (unpaired) electrons. The molecule has 0 bridgehead atoms. The van der Waals surface area contributed by atoms with Crippen molar-refractivity contribution in [1.29, 1.82) is 0 Å². The number of hydrogen-bond donors (Lipinski definition) is 2. The molecule has 2 N–H and O–H groups in total. The molecule has 3 aliphatic rings. The Balaban J connectivity index is 1.15. The zero-order chi connectivity index (χ0) is 18.2. The summed E-state index contributed by atoms with van der Waals surface area (Å²) in [6, 6.07) is 0. The molecule has 0 aromatic heterocycles. The Kier molecular flexibility index (Phi) is 7.74. The van der Waals surface area contributed by atoms with Gasteiger partial charge in [0.05, 0.1) is 0 Å². The molecule has 6 nitrogen and oxygen atoms in total. The Labute approximate surface area is 158 Å². The highest BCUT2D eigenvalue weighted by Gasteiger charge is 2.25. The van der Waals surface area contributed by atoms with E-state index in [0.29, 0.717) is 11.8 Å². The molecule has 0 aromatic carbocycles. The van der Waals surface area contributed by atoms with Crippen LogP contribution < -0.4 is 10.6 Å². The van der Waals surface area contributed by atoms with Crippen molar-refractivity contribution in [2.45, 2.75) is 51.4 Å². The Bertz CT molecular complexity index is 413. The Morgan fingerprint density at radius 2 is 1.08 bits per heavy atom. The van der Waals surface area contributed by atoms with Gasteiger partial charge in [-0.1, -0.05) is 12.8 Å². The molecule has 2 amide bonds. The smallest absolute Gasteiger partial charge is 0.223 e. The highest BCUT2D eigenvalue weighted by Crippen LogP contribution is 2.26. The van der Waals surface area contributed by atoms with Crippen LogP contribution in [0.4, 0.5) is 0 Å². The van der Waals surface area contributed by atoms with E-state index in [1.165, 1.54) is 12.8 Å². The van der Waals surface area contributed by atoms with E-state index < -0.39 is 0 Å². The molecule has 1 heterocycles. The molecular formula is C20H36N4O2. The van der Waals surface area contributed by atoms with Gasteiger partial charge < -0.3 is 20.4 Å². The second-order valence-electron chi connectivity index (χ2n) is 8.23. The molecule has 0 unspecified atom stereocenters. The van der Waals surface area contributed by atoms with Crippen molar-refractivity contribution in [2.24, 2.45) is 11.8 Å². The van der Waals surface area contributed by atoms with Crippen LogP contribution in [-0.4, -0.2) is 74.0 Å². The fourth-order valence-electron chi connectivity index (χ4n) is 3.89. The first-order chi connectivity index (χ1) is 12.7. The summed E-state index contributed by atoms with van der Waals surface area (Å²) in [5.74, 6) is 1.14. The van der Waals surface area contributed by atoms with Gasteiger partial charge in [0.25, 0.3) is 0 Å². The third-order valence-electron chi connectivity index (χ3n) is 6.32. The number of nitrogens with zero attached hydrogens (tertiary/aromatic N) is 2. The van der Waals surface area contributed by atoms with E-state index in [1.54, 1.807) is 0 Å². The van der Waals surface area contributed by atoms with E-state index in [4.69, 9.17) is 0 Å². The van der Waals surface area contributed by atoms with Crippen molar-refractivity contribution in [2.75, 3.05) is 52.4 Å². The van der Waals surface area contributed by atoms with E-state index in [-0.39, 0.29) is 11.8 Å². The topological polar surface area (TPSA) is 64.7 Å². The molecule has 6 heteroatoms. The van der Waals surface area contributed by atoms with Crippen molar-refractivity contribution in [3.63, 3.8) is 0 Å². The summed E-state index contributed by atoms with van der Waals surface area (Å²) in [6.07, 6.45) is 8.86. The molecule has 0 atom stereocenters. The van der Waals surface area contributed by atoms with Gasteiger partial charge in [-0.3, -0.25) is 9.59 Å². The van der Waals surface area contributed by atoms with Crippen LogP contribution >= 0.6 is 0 Å². The monoisotopic (exact) mass is 364 g/mol. The second kappa shape index (κ2) is 10.3. The van der Waals surface area contributed by atoms with Crippen LogP contribution in [0.15, 0.2) is 0 Å². The predicted octanol–water partition coefficient (Wildman–Crippen LogP) is 1.22. The molecule has 26 heavy (non-hydrogen) atoms. The minimum atomic E-state index is 0.269. The van der Waals surface area contributed by atoms with Gasteiger partial charge in [0.2, 0.25) is 11.8 Å². The van der Waals surface area contributed by atoms with E-state index in [9.17, 15) is 9.59 Å². The summed E-state index contributed by atoms with van der Waals surface area (Å²) in [7, 11) is 0. The molecule has 3 rings (SSSR count). The minimum Gasteiger partial charge on any atom is -0.356 e. The zero-order valence-electron chi connectivity index (χ0n) is 16.2. The third kappa shape index (κ3) is 5.95. The van der Waals surface area contributed by atoms with Crippen LogP contribution in [-0.2, 0) is 9.59 Å². The van der Waals surface area contributed by atoms with Gasteiger partial charge in [0, 0.05) is 51.1 Å². The highest BCUT2D eigenvalue weighted by molar-refractivity contribution is 5.79. The molecule has 0 aromatic rings. The molecule has 2 saturated carbocycles. The number of carbonyl (C=O) groups excluding carboxylic acids is 2. The number of hydrogen-bond acceptors (Lipinski definition) is 4. The van der Waals surface area contributed by atoms with Crippen LogP contribution in [0.25, 0.3) is 0 Å². The summed E-state index contributed by atoms with van der Waals surface area (Å²) < 4.78 is 0. The summed E-state index contributed by atoms with van der Waals surface area (Å²) >= 11 is 0. The van der Waals surface area contributed by atoms with Gasteiger partial charge in [-0.25, -0.2) is 0 Å². The summed E-state index contributed by atoms with van der Waals surface area (Å²) in [4.78, 5) is 28.6. The summed E-state index contributed by atoms with van der Waals surface area (Å²) in [5.41, 5.74) is 0. The molecule has 3 fully saturated rings. The average Bonchev–Trinajstić information content (AvgIpc) is 2.53. The van der Waals surface area contributed by atoms with Gasteiger partial charge in [0.1, 0.15) is 0 Å². The fraction of sp³-hybridized carbons (Fsp3) is 0.900. The molecular weight excluding hydrogens is 328 g/mol. The SMILES string of the molecule is O=C(NCCCN1CCN(CCCNC(=O)C2CCC2)CC1)C1CCC1. The fourth-order valence-corrected chi connectivity index (χ4v) is 3.89. The Morgan fingerprint density at radius 1 is 0.692 bits per heavy atom. The molecule has 1 aliphatic heterocycles. The lowest BCUT2D eigenvalue weighted by Gasteiger charge is -2.34. The van der Waals surface area contributed by atoms with Crippen LogP contribution in [0.1, 0.15) is 51.4 Å². The molecule has 1 saturated heterocycles. The Hall–Kier alpha value is -1.14. The van der Waals surface area contributed by atoms with Crippen molar-refractivity contribution in [1.82, 2.24) is 20.4 Å². The standard InChI is InChI=1S/C20H36N4O2/c25-19(17-5-1-6-17)21-9-3-11-23-13-15-24(16-14-23)12-4-10-22-20(26)18-7-2-8-18/h17-18H,1-16H2,(H,21,25)(H,22,26). The van der Waals surface area contributed by atoms with Crippen LogP contribution in [0.5, 0.6) is 0 Å². The third-order valence-corrected chi connectivity index (χ3v) is 6.32. The second-order valence-corrected chi connectivity index (χ2v) is 8.23. The lowest BCUT2D eigenvalue weighted by atomic mass is 9.85. The number of nitrogens with one attached hydrogen (secondary N) is 2. The zero-order valence-corrected chi connectivity index (χ0v) is 16.2. The average molecular weight is 365 g/mol. The molecule has 2 aliphatic carbocycles. The Morgan fingerprint density at radius 3 is 1.38 bits per heavy atom. The first kappa shape index (κ1) is 19.6. The maximum Gasteiger partial charge on any atom is 0.223 e. The summed E-state index contributed by atoms with van der Waals surface area (Å²) in [6.45, 7) is 8.25. The van der Waals surface area contributed by atoms with Gasteiger partial charge in [-0.05, 0) is 51.6 Å². The van der Waals surface area contributed by atoms with Crippen molar-refractivity contribution < 1.29 is 9.59 Å². The largest absolute Gasteiger partial charge is 0.356 e. The van der Waals surface area contributed by atoms with Crippen LogP contribution in [0.2, 0.25) is 0 Å². The van der Waals surface area contributed by atoms with E-state index in [0.717, 1.165) is 90.9 Å². The van der Waals surface area contributed by atoms with E-state index in [2.05, 4.69) is 20.4 Å². The van der Waals surface area contributed by atoms with Gasteiger partial charge in [-0.2, -0.15) is 0 Å². The minimum absolute atomic E-state index is 0.269. The summed E-state index contributed by atoms with van der Waals surface area (Å²) in [5, 5.41) is 6.16. The van der Waals surface area contributed by atoms with Gasteiger partial charge in [0.15, 0.2) is 0 Å². The number of carbonyl (C=O) groups is 2. The van der Waals surface area contributed by atoms with E-state index in [1.807, 2.05) is 0 Å². The van der Waals surface area contributed by atoms with Crippen molar-refractivity contribution >= 4 is 11.8 Å². The maximum atomic E-state index is 11.8. The van der Waals surface area contributed by atoms with Crippen molar-refractivity contribution in [3.8, 4) is 0 Å². The number of amides is 2. The first-order valence-corrected chi connectivity index (χ1v) is 10.7. The highest BCUT2D eigenvalue weighted by atomic mass is 16.2. The lowest BCUT2D eigenvalue weighted by Crippen LogP contribution is -2.47. The quantitative estimate of drug-likeness (QED) is 0.572. The maximum absolute atomic E-state index is 11.8. The van der Waals surface area contributed by atoms with Crippen molar-refractivity contribution in [3.05, 3.63) is 0 Å². The van der Waals surface area contributed by atoms with E-state index >= 15 is 0 Å². The first-order valence-electron chi connectivity index (χ1n) is 10.7. The number of piperazine rings is 1. The van der Waals surface area contributed by atoms with Gasteiger partial charge in [-0.15, -0.1) is 0 Å². The lowest BCUT2D eigenvalue weighted by molar-refractivity contribution is -0.128. The van der Waals surface area contributed by atoms with Crippen LogP contribution in [0.3, 0.4) is 0 Å². The van der Waals surface area contributed by atoms with Crippen LogP contribution in [0, 0.1) is 11.8 Å². The van der Waals surface area contributed by atoms with Gasteiger partial charge >= 0.3 is 0 Å². The number of rotatable bonds is 10.